The van der Waals surface area contributed by atoms with E-state index >= 15 is 0 Å². The number of imidazole rings is 1. The number of hydrogen-bond donors (Lipinski definition) is 1. The van der Waals surface area contributed by atoms with Crippen LogP contribution in [0.3, 0.4) is 0 Å². The summed E-state index contributed by atoms with van der Waals surface area (Å²) in [7, 11) is 0. The monoisotopic (exact) mass is 366 g/mol. The number of H-pyrrole nitrogens is 1. The van der Waals surface area contributed by atoms with Gasteiger partial charge in [-0.3, -0.25) is 9.69 Å². The molecule has 0 radical (unpaired) electrons. The number of nitrogens with one attached hydrogen (secondary N) is 1. The summed E-state index contributed by atoms with van der Waals surface area (Å²) in [6.45, 7) is 3.71. The van der Waals surface area contributed by atoms with Crippen molar-refractivity contribution in [1.82, 2.24) is 19.8 Å². The Morgan fingerprint density at radius 3 is 2.67 bits per heavy atom. The minimum atomic E-state index is 0.163. The second-order valence-corrected chi connectivity index (χ2v) is 8.08. The van der Waals surface area contributed by atoms with Crippen LogP contribution in [0.1, 0.15) is 49.8 Å². The number of piperazine rings is 1. The summed E-state index contributed by atoms with van der Waals surface area (Å²) in [5, 5.41) is 0. The minimum Gasteiger partial charge on any atom is -0.348 e. The van der Waals surface area contributed by atoms with Crippen LogP contribution in [0.15, 0.2) is 42.9 Å². The molecule has 27 heavy (non-hydrogen) atoms. The van der Waals surface area contributed by atoms with Crippen LogP contribution in [0, 0.1) is 0 Å². The van der Waals surface area contributed by atoms with Gasteiger partial charge in [-0.25, -0.2) is 4.98 Å². The zero-order chi connectivity index (χ0) is 18.5. The molecule has 1 aromatic heterocycles. The molecular weight excluding hydrogens is 336 g/mol. The molecule has 2 aliphatic rings. The number of hydrogen-bond acceptors (Lipinski definition) is 3. The van der Waals surface area contributed by atoms with Crippen molar-refractivity contribution in [3.05, 3.63) is 54.1 Å². The third-order valence-corrected chi connectivity index (χ3v) is 6.31. The Kier molecular flexibility index (Phi) is 5.58. The summed E-state index contributed by atoms with van der Waals surface area (Å²) in [5.74, 6) is 0.286. The fraction of sp³-hybridized carbons (Fsp3) is 0.545. The number of rotatable bonds is 5. The molecule has 5 heteroatoms. The molecule has 2 heterocycles. The molecule has 0 unspecified atom stereocenters. The van der Waals surface area contributed by atoms with Gasteiger partial charge in [0.15, 0.2) is 0 Å². The zero-order valence-electron chi connectivity index (χ0n) is 16.1. The lowest BCUT2D eigenvalue weighted by Gasteiger charge is -2.53. The van der Waals surface area contributed by atoms with Crippen molar-refractivity contribution in [1.29, 1.82) is 0 Å². The van der Waals surface area contributed by atoms with E-state index in [0.29, 0.717) is 6.42 Å². The molecule has 1 aliphatic carbocycles. The molecule has 1 saturated heterocycles. The standard InChI is InChI=1S/C22H30N4O/c27-21(10-9-20-15-23-18-24-20)25-13-14-26(16-19-7-3-1-4-8-19)22(17-25)11-5-2-6-12-22/h1,3-4,7-8,15,18H,2,5-6,9-14,16-17H2,(H,23,24). The van der Waals surface area contributed by atoms with Gasteiger partial charge in [0.2, 0.25) is 5.91 Å². The Morgan fingerprint density at radius 1 is 1.11 bits per heavy atom. The molecule has 2 fully saturated rings. The maximum atomic E-state index is 12.9. The van der Waals surface area contributed by atoms with Crippen LogP contribution in [0.25, 0.3) is 0 Å². The Morgan fingerprint density at radius 2 is 1.93 bits per heavy atom. The molecule has 0 atom stereocenters. The quantitative estimate of drug-likeness (QED) is 0.882. The van der Waals surface area contributed by atoms with E-state index in [-0.39, 0.29) is 11.4 Å². The van der Waals surface area contributed by atoms with E-state index in [9.17, 15) is 4.79 Å². The van der Waals surface area contributed by atoms with Gasteiger partial charge in [-0.05, 0) is 24.8 Å². The van der Waals surface area contributed by atoms with Crippen molar-refractivity contribution < 1.29 is 4.79 Å². The molecule has 2 aromatic rings. The maximum absolute atomic E-state index is 12.9. The molecule has 1 aliphatic heterocycles. The predicted octanol–water partition coefficient (Wildman–Crippen LogP) is 3.39. The number of amides is 1. The van der Waals surface area contributed by atoms with Crippen molar-refractivity contribution in [2.24, 2.45) is 0 Å². The molecule has 1 aromatic carbocycles. The number of aryl methyl sites for hydroxylation is 1. The first-order valence-electron chi connectivity index (χ1n) is 10.3. The van der Waals surface area contributed by atoms with Crippen LogP contribution < -0.4 is 0 Å². The van der Waals surface area contributed by atoms with Crippen molar-refractivity contribution in [3.8, 4) is 0 Å². The summed E-state index contributed by atoms with van der Waals surface area (Å²) >= 11 is 0. The van der Waals surface area contributed by atoms with Gasteiger partial charge < -0.3 is 9.88 Å². The van der Waals surface area contributed by atoms with Crippen LogP contribution in [0.2, 0.25) is 0 Å². The van der Waals surface area contributed by atoms with Gasteiger partial charge in [-0.15, -0.1) is 0 Å². The summed E-state index contributed by atoms with van der Waals surface area (Å²) in [6, 6.07) is 10.8. The van der Waals surface area contributed by atoms with Crippen molar-refractivity contribution in [2.75, 3.05) is 19.6 Å². The van der Waals surface area contributed by atoms with Crippen LogP contribution in [-0.2, 0) is 17.8 Å². The van der Waals surface area contributed by atoms with E-state index < -0.39 is 0 Å². The maximum Gasteiger partial charge on any atom is 0.223 e. The number of aromatic amines is 1. The fourth-order valence-electron chi connectivity index (χ4n) is 4.78. The van der Waals surface area contributed by atoms with Gasteiger partial charge in [-0.1, -0.05) is 49.6 Å². The predicted molar refractivity (Wildman–Crippen MR) is 106 cm³/mol. The Bertz CT molecular complexity index is 722. The number of aromatic nitrogens is 2. The SMILES string of the molecule is O=C(CCc1cnc[nH]1)N1CCN(Cc2ccccc2)C2(CCCCC2)C1. The van der Waals surface area contributed by atoms with Gasteiger partial charge in [0.05, 0.1) is 6.33 Å². The molecule has 1 amide bonds. The topological polar surface area (TPSA) is 52.2 Å². The van der Waals surface area contributed by atoms with E-state index in [1.54, 1.807) is 6.33 Å². The molecule has 5 nitrogen and oxygen atoms in total. The van der Waals surface area contributed by atoms with Gasteiger partial charge in [-0.2, -0.15) is 0 Å². The van der Waals surface area contributed by atoms with Crippen molar-refractivity contribution in [3.63, 3.8) is 0 Å². The largest absolute Gasteiger partial charge is 0.348 e. The van der Waals surface area contributed by atoms with Gasteiger partial charge in [0.25, 0.3) is 0 Å². The van der Waals surface area contributed by atoms with Crippen LogP contribution in [0.4, 0.5) is 0 Å². The molecular formula is C22H30N4O. The first-order valence-corrected chi connectivity index (χ1v) is 10.3. The highest BCUT2D eigenvalue weighted by Gasteiger charge is 2.43. The van der Waals surface area contributed by atoms with E-state index in [0.717, 1.165) is 38.3 Å². The number of benzene rings is 1. The average Bonchev–Trinajstić information content (AvgIpc) is 3.23. The third kappa shape index (κ3) is 4.24. The van der Waals surface area contributed by atoms with Crippen LogP contribution >= 0.6 is 0 Å². The lowest BCUT2D eigenvalue weighted by molar-refractivity contribution is -0.138. The first kappa shape index (κ1) is 18.2. The molecule has 144 valence electrons. The number of carbonyl (C=O) groups excluding carboxylic acids is 1. The van der Waals surface area contributed by atoms with Gasteiger partial charge in [0.1, 0.15) is 0 Å². The van der Waals surface area contributed by atoms with Gasteiger partial charge in [0, 0.05) is 50.0 Å². The smallest absolute Gasteiger partial charge is 0.223 e. The first-order chi connectivity index (χ1) is 13.3. The normalized spacial score (nSPS) is 20.1. The molecule has 1 N–H and O–H groups in total. The van der Waals surface area contributed by atoms with Gasteiger partial charge >= 0.3 is 0 Å². The zero-order valence-corrected chi connectivity index (χ0v) is 16.1. The second-order valence-electron chi connectivity index (χ2n) is 8.08. The summed E-state index contributed by atoms with van der Waals surface area (Å²) < 4.78 is 0. The van der Waals surface area contributed by atoms with Crippen LogP contribution in [0.5, 0.6) is 0 Å². The number of nitrogens with zero attached hydrogens (tertiary/aromatic N) is 3. The minimum absolute atomic E-state index is 0.163. The number of carbonyl (C=O) groups is 1. The van der Waals surface area contributed by atoms with Crippen LogP contribution in [-0.4, -0.2) is 50.8 Å². The fourth-order valence-corrected chi connectivity index (χ4v) is 4.78. The van der Waals surface area contributed by atoms with E-state index in [1.807, 2.05) is 6.20 Å². The van der Waals surface area contributed by atoms with E-state index in [2.05, 4.69) is 50.1 Å². The Balaban J connectivity index is 1.43. The highest BCUT2D eigenvalue weighted by atomic mass is 16.2. The highest BCUT2D eigenvalue weighted by molar-refractivity contribution is 5.76. The lowest BCUT2D eigenvalue weighted by Crippen LogP contribution is -2.63. The Hall–Kier alpha value is -2.14. The van der Waals surface area contributed by atoms with Crippen molar-refractivity contribution in [2.45, 2.75) is 57.0 Å². The third-order valence-electron chi connectivity index (χ3n) is 6.31. The lowest BCUT2D eigenvalue weighted by atomic mass is 9.78. The molecule has 0 bridgehead atoms. The summed E-state index contributed by atoms with van der Waals surface area (Å²) in [4.78, 5) is 24.8. The summed E-state index contributed by atoms with van der Waals surface area (Å²) in [6.07, 6.45) is 11.1. The second kappa shape index (κ2) is 8.26. The van der Waals surface area contributed by atoms with E-state index in [4.69, 9.17) is 0 Å². The summed E-state index contributed by atoms with van der Waals surface area (Å²) in [5.41, 5.74) is 2.58. The molecule has 1 saturated carbocycles. The average molecular weight is 367 g/mol. The van der Waals surface area contributed by atoms with Crippen molar-refractivity contribution >= 4 is 5.91 Å². The van der Waals surface area contributed by atoms with E-state index in [1.165, 1.54) is 37.7 Å². The highest BCUT2D eigenvalue weighted by Crippen LogP contribution is 2.37. The Labute approximate surface area is 161 Å². The molecule has 4 rings (SSSR count). The molecule has 1 spiro atoms.